The fourth-order valence-electron chi connectivity index (χ4n) is 4.83. The molecule has 1 amide bonds. The fraction of sp³-hybridized carbons (Fsp3) is 0.517. The second-order valence-electron chi connectivity index (χ2n) is 12.4. The van der Waals surface area contributed by atoms with E-state index in [0.29, 0.717) is 13.1 Å². The van der Waals surface area contributed by atoms with Gasteiger partial charge in [0.2, 0.25) is 0 Å². The molecule has 0 bridgehead atoms. The standard InChI is InChI=1S/C29H39BN4O4/c1-20-17-25(32-13-15-33(16-14-32)26(35)36-27(2,3)4)31-34(20)24-12-10-21-18-23(11-9-22(21)19-24)30-37-28(5,6)29(7,8)38-30/h9-12,17-19H,13-16H2,1-8H3. The smallest absolute Gasteiger partial charge is 0.444 e. The van der Waals surface area contributed by atoms with E-state index in [4.69, 9.17) is 19.1 Å². The summed E-state index contributed by atoms with van der Waals surface area (Å²) in [6.45, 7) is 18.7. The van der Waals surface area contributed by atoms with E-state index in [0.717, 1.165) is 46.5 Å². The van der Waals surface area contributed by atoms with Gasteiger partial charge in [0, 0.05) is 37.9 Å². The Balaban J connectivity index is 1.30. The van der Waals surface area contributed by atoms with E-state index in [2.05, 4.69) is 82.0 Å². The zero-order valence-corrected chi connectivity index (χ0v) is 23.9. The minimum Gasteiger partial charge on any atom is -0.444 e. The molecule has 2 aromatic carbocycles. The van der Waals surface area contributed by atoms with E-state index < -0.39 is 5.60 Å². The van der Waals surface area contributed by atoms with Crippen LogP contribution in [0, 0.1) is 6.92 Å². The van der Waals surface area contributed by atoms with Crippen molar-refractivity contribution in [3.05, 3.63) is 48.2 Å². The van der Waals surface area contributed by atoms with E-state index >= 15 is 0 Å². The van der Waals surface area contributed by atoms with Crippen molar-refractivity contribution in [2.24, 2.45) is 0 Å². The molecule has 0 unspecified atom stereocenters. The lowest BCUT2D eigenvalue weighted by atomic mass is 9.78. The maximum Gasteiger partial charge on any atom is 0.494 e. The second kappa shape index (κ2) is 9.31. The normalized spacial score (nSPS) is 19.3. The summed E-state index contributed by atoms with van der Waals surface area (Å²) >= 11 is 0. The summed E-state index contributed by atoms with van der Waals surface area (Å²) in [7, 11) is -0.379. The van der Waals surface area contributed by atoms with Gasteiger partial charge in [-0.25, -0.2) is 9.48 Å². The van der Waals surface area contributed by atoms with E-state index in [9.17, 15) is 4.79 Å². The van der Waals surface area contributed by atoms with Gasteiger partial charge in [0.1, 0.15) is 5.60 Å². The van der Waals surface area contributed by atoms with Crippen molar-refractivity contribution < 1.29 is 18.8 Å². The Bertz CT molecular complexity index is 1340. The summed E-state index contributed by atoms with van der Waals surface area (Å²) in [5, 5.41) is 7.18. The van der Waals surface area contributed by atoms with Crippen LogP contribution in [-0.2, 0) is 14.0 Å². The monoisotopic (exact) mass is 518 g/mol. The molecule has 0 N–H and O–H groups in total. The lowest BCUT2D eigenvalue weighted by molar-refractivity contribution is 0.00578. The molecule has 0 saturated carbocycles. The zero-order chi connectivity index (χ0) is 27.5. The number of aromatic nitrogens is 2. The molecule has 5 rings (SSSR count). The van der Waals surface area contributed by atoms with Crippen LogP contribution in [0.15, 0.2) is 42.5 Å². The Kier molecular flexibility index (Phi) is 6.51. The number of nitrogens with zero attached hydrogens (tertiary/aromatic N) is 4. The first-order chi connectivity index (χ1) is 17.7. The Hall–Kier alpha value is -3.04. The number of benzene rings is 2. The van der Waals surface area contributed by atoms with Crippen LogP contribution in [0.25, 0.3) is 16.5 Å². The van der Waals surface area contributed by atoms with E-state index in [1.54, 1.807) is 4.90 Å². The lowest BCUT2D eigenvalue weighted by Crippen LogP contribution is -2.50. The van der Waals surface area contributed by atoms with Crippen molar-refractivity contribution >= 4 is 35.3 Å². The van der Waals surface area contributed by atoms with Crippen LogP contribution in [0.2, 0.25) is 0 Å². The SMILES string of the molecule is Cc1cc(N2CCN(C(=O)OC(C)(C)C)CC2)nn1-c1ccc2cc(B3OC(C)(C)C(C)(C)O3)ccc2c1. The van der Waals surface area contributed by atoms with Crippen molar-refractivity contribution in [1.82, 2.24) is 14.7 Å². The Morgan fingerprint density at radius 1 is 0.921 bits per heavy atom. The Morgan fingerprint density at radius 2 is 1.53 bits per heavy atom. The molecule has 3 heterocycles. The van der Waals surface area contributed by atoms with Gasteiger partial charge in [0.25, 0.3) is 0 Å². The number of carbonyl (C=O) groups excluding carboxylic acids is 1. The summed E-state index contributed by atoms with van der Waals surface area (Å²) in [5.74, 6) is 0.919. The van der Waals surface area contributed by atoms with Gasteiger partial charge in [0.05, 0.1) is 16.9 Å². The van der Waals surface area contributed by atoms with Gasteiger partial charge >= 0.3 is 13.2 Å². The quantitative estimate of drug-likeness (QED) is 0.469. The first-order valence-corrected chi connectivity index (χ1v) is 13.4. The number of rotatable bonds is 3. The number of piperazine rings is 1. The maximum absolute atomic E-state index is 12.4. The van der Waals surface area contributed by atoms with Crippen LogP contribution < -0.4 is 10.4 Å². The molecule has 9 heteroatoms. The van der Waals surface area contributed by atoms with Gasteiger partial charge in [-0.2, -0.15) is 5.10 Å². The van der Waals surface area contributed by atoms with Gasteiger partial charge in [0.15, 0.2) is 5.82 Å². The molecule has 2 fully saturated rings. The average Bonchev–Trinajstić information content (AvgIpc) is 3.33. The number of hydrogen-bond acceptors (Lipinski definition) is 6. The van der Waals surface area contributed by atoms with Crippen molar-refractivity contribution in [3.63, 3.8) is 0 Å². The van der Waals surface area contributed by atoms with Gasteiger partial charge in [-0.05, 0) is 83.8 Å². The minimum absolute atomic E-state index is 0.253. The molecule has 0 atom stereocenters. The first-order valence-electron chi connectivity index (χ1n) is 13.4. The molecule has 0 aliphatic carbocycles. The van der Waals surface area contributed by atoms with Gasteiger partial charge in [-0.1, -0.05) is 24.3 Å². The summed E-state index contributed by atoms with van der Waals surface area (Å²) in [5.41, 5.74) is 1.87. The number of aryl methyl sites for hydroxylation is 1. The number of ether oxygens (including phenoxy) is 1. The van der Waals surface area contributed by atoms with Crippen molar-refractivity contribution in [1.29, 1.82) is 0 Å². The van der Waals surface area contributed by atoms with Crippen LogP contribution in [0.5, 0.6) is 0 Å². The molecular formula is C29H39BN4O4. The summed E-state index contributed by atoms with van der Waals surface area (Å²) in [6.07, 6.45) is -0.253. The van der Waals surface area contributed by atoms with Gasteiger partial charge in [-0.15, -0.1) is 0 Å². The molecule has 38 heavy (non-hydrogen) atoms. The van der Waals surface area contributed by atoms with Gasteiger partial charge < -0.3 is 23.8 Å². The van der Waals surface area contributed by atoms with E-state index in [1.807, 2.05) is 25.5 Å². The van der Waals surface area contributed by atoms with Crippen LogP contribution in [0.1, 0.15) is 54.2 Å². The Morgan fingerprint density at radius 3 is 2.16 bits per heavy atom. The van der Waals surface area contributed by atoms with E-state index in [1.165, 1.54) is 0 Å². The highest BCUT2D eigenvalue weighted by atomic mass is 16.7. The third-order valence-corrected chi connectivity index (χ3v) is 7.75. The fourth-order valence-corrected chi connectivity index (χ4v) is 4.83. The molecular weight excluding hydrogens is 479 g/mol. The second-order valence-corrected chi connectivity index (χ2v) is 12.4. The zero-order valence-electron chi connectivity index (χ0n) is 23.9. The number of carbonyl (C=O) groups is 1. The van der Waals surface area contributed by atoms with Crippen LogP contribution in [-0.4, -0.2) is 70.9 Å². The molecule has 0 spiro atoms. The Labute approximate surface area is 226 Å². The topological polar surface area (TPSA) is 69.1 Å². The average molecular weight is 518 g/mol. The molecule has 202 valence electrons. The summed E-state index contributed by atoms with van der Waals surface area (Å²) < 4.78 is 20.0. The van der Waals surface area contributed by atoms with Crippen LogP contribution in [0.4, 0.5) is 10.6 Å². The largest absolute Gasteiger partial charge is 0.494 e. The molecule has 0 radical (unpaired) electrons. The minimum atomic E-state index is -0.489. The first kappa shape index (κ1) is 26.6. The van der Waals surface area contributed by atoms with Crippen LogP contribution >= 0.6 is 0 Å². The predicted molar refractivity (Wildman–Crippen MR) is 152 cm³/mol. The van der Waals surface area contributed by atoms with Crippen LogP contribution in [0.3, 0.4) is 0 Å². The number of amides is 1. The van der Waals surface area contributed by atoms with Crippen molar-refractivity contribution in [3.8, 4) is 5.69 Å². The van der Waals surface area contributed by atoms with Crippen molar-refractivity contribution in [2.75, 3.05) is 31.1 Å². The maximum atomic E-state index is 12.4. The lowest BCUT2D eigenvalue weighted by Gasteiger charge is -2.35. The molecule has 1 aromatic heterocycles. The highest BCUT2D eigenvalue weighted by molar-refractivity contribution is 6.62. The number of hydrogen-bond donors (Lipinski definition) is 0. The summed E-state index contributed by atoms with van der Waals surface area (Å²) in [6, 6.07) is 14.8. The molecule has 2 saturated heterocycles. The van der Waals surface area contributed by atoms with Crippen molar-refractivity contribution in [2.45, 2.75) is 72.2 Å². The highest BCUT2D eigenvalue weighted by Gasteiger charge is 2.51. The molecule has 2 aliphatic rings. The third kappa shape index (κ3) is 5.14. The highest BCUT2D eigenvalue weighted by Crippen LogP contribution is 2.36. The number of anilines is 1. The summed E-state index contributed by atoms with van der Waals surface area (Å²) in [4.78, 5) is 16.4. The van der Waals surface area contributed by atoms with Gasteiger partial charge in [-0.3, -0.25) is 0 Å². The molecule has 8 nitrogen and oxygen atoms in total. The molecule has 2 aliphatic heterocycles. The predicted octanol–water partition coefficient (Wildman–Crippen LogP) is 4.69. The third-order valence-electron chi connectivity index (χ3n) is 7.75. The van der Waals surface area contributed by atoms with E-state index in [-0.39, 0.29) is 24.4 Å². The number of fused-ring (bicyclic) bond motifs is 1. The molecule has 3 aromatic rings.